The minimum absolute atomic E-state index is 0.172. The number of nitrogens with one attached hydrogen (secondary N) is 1. The molecule has 0 saturated carbocycles. The molecule has 1 aromatic rings. The Balaban J connectivity index is 2.33. The summed E-state index contributed by atoms with van der Waals surface area (Å²) < 4.78 is 2.06. The van der Waals surface area contributed by atoms with Crippen LogP contribution < -0.4 is 5.32 Å². The summed E-state index contributed by atoms with van der Waals surface area (Å²) in [6, 6.07) is 0.394. The predicted octanol–water partition coefficient (Wildman–Crippen LogP) is 1.41. The normalized spacial score (nSPS) is 15.3. The lowest BCUT2D eigenvalue weighted by atomic mass is 9.96. The van der Waals surface area contributed by atoms with Gasteiger partial charge in [0.25, 0.3) is 0 Å². The van der Waals surface area contributed by atoms with Crippen LogP contribution in [0.1, 0.15) is 33.6 Å². The molecule has 1 unspecified atom stereocenters. The van der Waals surface area contributed by atoms with Gasteiger partial charge in [0.2, 0.25) is 0 Å². The summed E-state index contributed by atoms with van der Waals surface area (Å²) in [5, 5.41) is 12.8. The number of aromatic nitrogens is 2. The van der Waals surface area contributed by atoms with Crippen LogP contribution in [-0.2, 0) is 6.54 Å². The van der Waals surface area contributed by atoms with E-state index < -0.39 is 0 Å². The van der Waals surface area contributed by atoms with Gasteiger partial charge < -0.3 is 15.0 Å². The Labute approximate surface area is 97.7 Å². The van der Waals surface area contributed by atoms with Crippen LogP contribution in [0.15, 0.2) is 18.7 Å². The molecule has 0 aliphatic heterocycles. The molecule has 16 heavy (non-hydrogen) atoms. The summed E-state index contributed by atoms with van der Waals surface area (Å²) in [4.78, 5) is 4.00. The number of rotatable bonds is 7. The molecule has 1 rings (SSSR count). The monoisotopic (exact) mass is 225 g/mol. The molecule has 2 N–H and O–H groups in total. The minimum atomic E-state index is -0.172. The largest absolute Gasteiger partial charge is 0.394 e. The van der Waals surface area contributed by atoms with Crippen LogP contribution in [0, 0.1) is 0 Å². The topological polar surface area (TPSA) is 50.1 Å². The molecule has 92 valence electrons. The van der Waals surface area contributed by atoms with Gasteiger partial charge in [0.1, 0.15) is 0 Å². The van der Waals surface area contributed by atoms with Crippen LogP contribution in [0.25, 0.3) is 0 Å². The standard InChI is InChI=1S/C12H23N3O/c1-11(2)14-12(3,9-16)5-4-7-15-8-6-13-10-15/h6,8,10-11,14,16H,4-5,7,9H2,1-3H3. The van der Waals surface area contributed by atoms with Crippen molar-refractivity contribution in [2.45, 2.75) is 51.7 Å². The first-order valence-electron chi connectivity index (χ1n) is 5.90. The lowest BCUT2D eigenvalue weighted by molar-refractivity contribution is 0.153. The highest BCUT2D eigenvalue weighted by molar-refractivity contribution is 4.84. The lowest BCUT2D eigenvalue weighted by Gasteiger charge is -2.31. The van der Waals surface area contributed by atoms with Crippen LogP contribution in [0.4, 0.5) is 0 Å². The first kappa shape index (κ1) is 13.2. The third-order valence-corrected chi connectivity index (χ3v) is 2.69. The Morgan fingerprint density at radius 1 is 1.50 bits per heavy atom. The van der Waals surface area contributed by atoms with Crippen LogP contribution in [0.3, 0.4) is 0 Å². The van der Waals surface area contributed by atoms with E-state index in [4.69, 9.17) is 0 Å². The Hall–Kier alpha value is -0.870. The molecule has 0 bridgehead atoms. The molecule has 0 spiro atoms. The van der Waals surface area contributed by atoms with Crippen LogP contribution in [-0.4, -0.2) is 32.8 Å². The molecule has 0 aromatic carbocycles. The summed E-state index contributed by atoms with van der Waals surface area (Å²) in [6.07, 6.45) is 7.57. The van der Waals surface area contributed by atoms with E-state index in [0.717, 1.165) is 19.4 Å². The first-order valence-corrected chi connectivity index (χ1v) is 5.90. The van der Waals surface area contributed by atoms with Crippen molar-refractivity contribution in [3.05, 3.63) is 18.7 Å². The van der Waals surface area contributed by atoms with Crippen molar-refractivity contribution in [3.63, 3.8) is 0 Å². The molecule has 1 aromatic heterocycles. The van der Waals surface area contributed by atoms with Gasteiger partial charge in [-0.2, -0.15) is 0 Å². The number of aryl methyl sites for hydroxylation is 1. The average Bonchev–Trinajstić information content (AvgIpc) is 2.69. The van der Waals surface area contributed by atoms with Crippen molar-refractivity contribution in [2.24, 2.45) is 0 Å². The lowest BCUT2D eigenvalue weighted by Crippen LogP contribution is -2.49. The summed E-state index contributed by atoms with van der Waals surface area (Å²) in [5.74, 6) is 0. The second-order valence-corrected chi connectivity index (χ2v) is 4.92. The summed E-state index contributed by atoms with van der Waals surface area (Å²) in [7, 11) is 0. The van der Waals surface area contributed by atoms with E-state index in [2.05, 4.69) is 35.6 Å². The van der Waals surface area contributed by atoms with Gasteiger partial charge >= 0.3 is 0 Å². The van der Waals surface area contributed by atoms with Crippen LogP contribution >= 0.6 is 0 Å². The third-order valence-electron chi connectivity index (χ3n) is 2.69. The maximum atomic E-state index is 9.41. The van der Waals surface area contributed by atoms with Crippen molar-refractivity contribution in [3.8, 4) is 0 Å². The molecule has 0 aliphatic rings. The summed E-state index contributed by atoms with van der Waals surface area (Å²) >= 11 is 0. The summed E-state index contributed by atoms with van der Waals surface area (Å²) in [6.45, 7) is 7.40. The zero-order chi connectivity index (χ0) is 12.0. The maximum Gasteiger partial charge on any atom is 0.0945 e. The van der Waals surface area contributed by atoms with Crippen molar-refractivity contribution in [1.29, 1.82) is 0 Å². The van der Waals surface area contributed by atoms with E-state index in [1.54, 1.807) is 6.20 Å². The molecule has 0 saturated heterocycles. The van der Waals surface area contributed by atoms with E-state index in [1.165, 1.54) is 0 Å². The Kier molecular flexibility index (Phi) is 4.96. The fourth-order valence-corrected chi connectivity index (χ4v) is 1.96. The SMILES string of the molecule is CC(C)NC(C)(CO)CCCn1ccnc1. The van der Waals surface area contributed by atoms with E-state index in [0.29, 0.717) is 6.04 Å². The Bertz CT molecular complexity index is 284. The molecule has 0 aliphatic carbocycles. The van der Waals surface area contributed by atoms with Gasteiger partial charge in [-0.05, 0) is 19.8 Å². The van der Waals surface area contributed by atoms with E-state index in [1.807, 2.05) is 12.5 Å². The number of imidazole rings is 1. The Morgan fingerprint density at radius 3 is 2.75 bits per heavy atom. The number of hydrogen-bond acceptors (Lipinski definition) is 3. The van der Waals surface area contributed by atoms with Crippen LogP contribution in [0.2, 0.25) is 0 Å². The first-order chi connectivity index (χ1) is 7.56. The molecule has 0 radical (unpaired) electrons. The van der Waals surface area contributed by atoms with Crippen LogP contribution in [0.5, 0.6) is 0 Å². The average molecular weight is 225 g/mol. The Morgan fingerprint density at radius 2 is 2.25 bits per heavy atom. The van der Waals surface area contributed by atoms with Crippen molar-refractivity contribution in [1.82, 2.24) is 14.9 Å². The second-order valence-electron chi connectivity index (χ2n) is 4.92. The molecule has 0 fully saturated rings. The van der Waals surface area contributed by atoms with Gasteiger partial charge in [0.05, 0.1) is 12.9 Å². The molecule has 1 atom stereocenters. The number of aliphatic hydroxyl groups is 1. The molecule has 0 amide bonds. The smallest absolute Gasteiger partial charge is 0.0945 e. The fourth-order valence-electron chi connectivity index (χ4n) is 1.96. The van der Waals surface area contributed by atoms with Crippen molar-refractivity contribution < 1.29 is 5.11 Å². The van der Waals surface area contributed by atoms with Crippen molar-refractivity contribution >= 4 is 0 Å². The fraction of sp³-hybridized carbons (Fsp3) is 0.750. The van der Waals surface area contributed by atoms with Gasteiger partial charge in [-0.1, -0.05) is 13.8 Å². The number of aliphatic hydroxyl groups excluding tert-OH is 1. The van der Waals surface area contributed by atoms with E-state index in [-0.39, 0.29) is 12.1 Å². The van der Waals surface area contributed by atoms with Gasteiger partial charge in [-0.15, -0.1) is 0 Å². The van der Waals surface area contributed by atoms with Gasteiger partial charge in [-0.3, -0.25) is 0 Å². The number of hydrogen-bond donors (Lipinski definition) is 2. The summed E-state index contributed by atoms with van der Waals surface area (Å²) in [5.41, 5.74) is -0.172. The van der Waals surface area contributed by atoms with E-state index in [9.17, 15) is 5.11 Å². The van der Waals surface area contributed by atoms with E-state index >= 15 is 0 Å². The molecular formula is C12H23N3O. The molecule has 4 heteroatoms. The highest BCUT2D eigenvalue weighted by Gasteiger charge is 2.22. The van der Waals surface area contributed by atoms with Gasteiger partial charge in [-0.25, -0.2) is 4.98 Å². The highest BCUT2D eigenvalue weighted by Crippen LogP contribution is 2.13. The molecule has 1 heterocycles. The zero-order valence-electron chi connectivity index (χ0n) is 10.5. The predicted molar refractivity (Wildman–Crippen MR) is 65.2 cm³/mol. The minimum Gasteiger partial charge on any atom is -0.394 e. The zero-order valence-corrected chi connectivity index (χ0v) is 10.5. The second kappa shape index (κ2) is 6.01. The highest BCUT2D eigenvalue weighted by atomic mass is 16.3. The van der Waals surface area contributed by atoms with Gasteiger partial charge in [0.15, 0.2) is 0 Å². The maximum absolute atomic E-state index is 9.41. The van der Waals surface area contributed by atoms with Gasteiger partial charge in [0, 0.05) is 30.5 Å². The van der Waals surface area contributed by atoms with Crippen molar-refractivity contribution in [2.75, 3.05) is 6.61 Å². The quantitative estimate of drug-likeness (QED) is 0.737. The number of nitrogens with zero attached hydrogens (tertiary/aromatic N) is 2. The molecule has 4 nitrogen and oxygen atoms in total. The third kappa shape index (κ3) is 4.33. The molecular weight excluding hydrogens is 202 g/mol.